The van der Waals surface area contributed by atoms with Gasteiger partial charge < -0.3 is 52.2 Å². The van der Waals surface area contributed by atoms with E-state index in [0.717, 1.165) is 11.3 Å². The second-order valence-electron chi connectivity index (χ2n) is 18.9. The van der Waals surface area contributed by atoms with Crippen LogP contribution >= 0.6 is 0 Å². The number of primary amides is 1. The number of nitrogens with zero attached hydrogens (tertiary/aromatic N) is 3. The third-order valence-corrected chi connectivity index (χ3v) is 12.7. The van der Waals surface area contributed by atoms with E-state index in [2.05, 4.69) is 41.8 Å². The van der Waals surface area contributed by atoms with Crippen molar-refractivity contribution in [3.63, 3.8) is 0 Å². The highest BCUT2D eigenvalue weighted by molar-refractivity contribution is 5.99. The van der Waals surface area contributed by atoms with Gasteiger partial charge in [-0.15, -0.1) is 0 Å². The maximum Gasteiger partial charge on any atom is 0.410 e. The Hall–Kier alpha value is -7.90. The van der Waals surface area contributed by atoms with Crippen LogP contribution in [0.3, 0.4) is 0 Å². The van der Waals surface area contributed by atoms with Crippen molar-refractivity contribution in [3.05, 3.63) is 119 Å². The number of nitrogens with one attached hydrogen (secondary N) is 6. The van der Waals surface area contributed by atoms with Crippen LogP contribution in [0, 0.1) is 23.6 Å². The quantitative estimate of drug-likeness (QED) is 0.0465. The van der Waals surface area contributed by atoms with Crippen molar-refractivity contribution in [2.45, 2.75) is 91.0 Å². The molecule has 1 aliphatic heterocycles. The van der Waals surface area contributed by atoms with Crippen LogP contribution in [0.15, 0.2) is 91.3 Å². The number of rotatable bonds is 23. The molecule has 1 aliphatic carbocycles. The van der Waals surface area contributed by atoms with Gasteiger partial charge in [-0.05, 0) is 96.8 Å². The van der Waals surface area contributed by atoms with Gasteiger partial charge in [0.1, 0.15) is 30.3 Å². The summed E-state index contributed by atoms with van der Waals surface area (Å²) in [6.07, 6.45) is 4.07. The first-order valence-electron chi connectivity index (χ1n) is 24.5. The minimum absolute atomic E-state index is 0.0266. The van der Waals surface area contributed by atoms with E-state index in [1.165, 1.54) is 12.1 Å². The number of amides is 8. The average molecular weight is 1010 g/mol. The van der Waals surface area contributed by atoms with Gasteiger partial charge in [0.2, 0.25) is 23.6 Å². The van der Waals surface area contributed by atoms with Gasteiger partial charge in [-0.3, -0.25) is 33.8 Å². The Morgan fingerprint density at radius 1 is 0.808 bits per heavy atom. The van der Waals surface area contributed by atoms with Crippen molar-refractivity contribution in [3.8, 4) is 0 Å². The number of pyridine rings is 1. The number of ketones is 1. The van der Waals surface area contributed by atoms with Crippen LogP contribution < -0.4 is 42.5 Å². The lowest BCUT2D eigenvalue weighted by Gasteiger charge is -2.35. The van der Waals surface area contributed by atoms with E-state index in [1.54, 1.807) is 87.5 Å². The number of Topliss-reactive ketones (excluding diaryl/α,β-unsaturated/α-hetero) is 1. The summed E-state index contributed by atoms with van der Waals surface area (Å²) >= 11 is 0. The lowest BCUT2D eigenvalue weighted by Crippen LogP contribution is -2.54. The molecule has 4 aromatic rings. The van der Waals surface area contributed by atoms with Crippen molar-refractivity contribution in [1.29, 1.82) is 0 Å². The Labute approximate surface area is 423 Å². The number of aromatic nitrogens is 1. The largest absolute Gasteiger partial charge is 0.445 e. The molecule has 0 bridgehead atoms. The summed E-state index contributed by atoms with van der Waals surface area (Å²) < 4.78 is 20.6. The topological polar surface area (TPSA) is 263 Å². The van der Waals surface area contributed by atoms with Crippen LogP contribution in [0.4, 0.5) is 31.0 Å². The highest BCUT2D eigenvalue weighted by Gasteiger charge is 2.44. The molecule has 0 radical (unpaired) electrons. The summed E-state index contributed by atoms with van der Waals surface area (Å²) in [6.45, 7) is 8.91. The smallest absolute Gasteiger partial charge is 0.410 e. The zero-order valence-electron chi connectivity index (χ0n) is 41.6. The van der Waals surface area contributed by atoms with E-state index in [-0.39, 0.29) is 85.8 Å². The molecule has 0 unspecified atom stereocenters. The van der Waals surface area contributed by atoms with Gasteiger partial charge in [-0.2, -0.15) is 0 Å². The van der Waals surface area contributed by atoms with Gasteiger partial charge in [0.05, 0.1) is 0 Å². The summed E-state index contributed by atoms with van der Waals surface area (Å²) in [4.78, 5) is 110. The molecule has 388 valence electrons. The molecule has 4 atom stereocenters. The Morgan fingerprint density at radius 3 is 2.16 bits per heavy atom. The van der Waals surface area contributed by atoms with Gasteiger partial charge in [-0.25, -0.2) is 14.0 Å². The molecule has 2 fully saturated rings. The molecule has 73 heavy (non-hydrogen) atoms. The number of hydrogen-bond acceptors (Lipinski definition) is 11. The monoisotopic (exact) mass is 1000 g/mol. The molecular formula is C53H65FN10O9. The second kappa shape index (κ2) is 26.0. The number of carbonyl (C=O) groups excluding carboxylic acids is 8. The van der Waals surface area contributed by atoms with Gasteiger partial charge in [0, 0.05) is 105 Å². The van der Waals surface area contributed by atoms with Gasteiger partial charge >= 0.3 is 12.1 Å². The van der Waals surface area contributed by atoms with Gasteiger partial charge in [0.25, 0.3) is 5.91 Å². The summed E-state index contributed by atoms with van der Waals surface area (Å²) in [5, 5.41) is 16.2. The Balaban J connectivity index is 0.913. The predicted molar refractivity (Wildman–Crippen MR) is 271 cm³/mol. The molecule has 3 aromatic carbocycles. The molecule has 2 heterocycles. The molecule has 0 spiro atoms. The van der Waals surface area contributed by atoms with Crippen molar-refractivity contribution in [2.75, 3.05) is 48.3 Å². The first kappa shape index (κ1) is 54.4. The molecule has 19 nitrogen and oxygen atoms in total. The number of carbonyl (C=O) groups is 8. The van der Waals surface area contributed by atoms with Crippen molar-refractivity contribution in [1.82, 2.24) is 31.2 Å². The van der Waals surface area contributed by atoms with E-state index < -0.39 is 47.7 Å². The van der Waals surface area contributed by atoms with E-state index in [9.17, 15) is 38.4 Å². The first-order chi connectivity index (χ1) is 34.9. The Bertz CT molecular complexity index is 2590. The van der Waals surface area contributed by atoms with Crippen LogP contribution in [0.1, 0.15) is 92.8 Å². The van der Waals surface area contributed by atoms with Crippen molar-refractivity contribution >= 4 is 64.5 Å². The highest BCUT2D eigenvalue weighted by Crippen LogP contribution is 2.47. The number of benzene rings is 3. The fourth-order valence-electron chi connectivity index (χ4n) is 8.20. The van der Waals surface area contributed by atoms with Gasteiger partial charge in [-0.1, -0.05) is 52.0 Å². The summed E-state index contributed by atoms with van der Waals surface area (Å²) in [6, 6.07) is 19.1. The molecule has 20 heteroatoms. The third kappa shape index (κ3) is 16.3. The van der Waals surface area contributed by atoms with Crippen LogP contribution in [0.25, 0.3) is 0 Å². The SMILES string of the molecule is CC(C)C(=O)CCC(=O)N[C@H](C(=O)N[C@@H](CCCNC(N)=O)C(=O)Nc1ccc(COC(=O)N2CCN(c3ccc(C(=O)NCc4ccc(NC(=O)[C@H]5C[C@@H]5c5cccnc5)cc4F)cc3)CC2)cc1)C(C)C. The van der Waals surface area contributed by atoms with Crippen LogP contribution in [-0.4, -0.2) is 102 Å². The summed E-state index contributed by atoms with van der Waals surface area (Å²) in [7, 11) is 0. The lowest BCUT2D eigenvalue weighted by molar-refractivity contribution is -0.132. The fraction of sp³-hybridized carbons (Fsp3) is 0.415. The number of ether oxygens (including phenoxy) is 1. The first-order valence-corrected chi connectivity index (χ1v) is 24.5. The molecule has 1 saturated carbocycles. The number of nitrogens with two attached hydrogens (primary N) is 1. The van der Waals surface area contributed by atoms with E-state index >= 15 is 4.39 Å². The molecule has 8 N–H and O–H groups in total. The maximum absolute atomic E-state index is 15.0. The van der Waals surface area contributed by atoms with E-state index in [4.69, 9.17) is 10.5 Å². The fourth-order valence-corrected chi connectivity index (χ4v) is 8.20. The maximum atomic E-state index is 15.0. The number of halogens is 1. The molecular weight excluding hydrogens is 940 g/mol. The lowest BCUT2D eigenvalue weighted by atomic mass is 10.0. The third-order valence-electron chi connectivity index (χ3n) is 12.7. The Kier molecular flexibility index (Phi) is 19.4. The van der Waals surface area contributed by atoms with E-state index in [1.807, 2.05) is 24.3 Å². The number of urea groups is 1. The molecule has 1 saturated heterocycles. The predicted octanol–water partition coefficient (Wildman–Crippen LogP) is 5.37. The number of anilines is 3. The van der Waals surface area contributed by atoms with Gasteiger partial charge in [0.15, 0.2) is 0 Å². The average Bonchev–Trinajstić information content (AvgIpc) is 4.19. The highest BCUT2D eigenvalue weighted by atomic mass is 19.1. The molecule has 1 aromatic heterocycles. The van der Waals surface area contributed by atoms with Crippen molar-refractivity contribution < 1.29 is 47.5 Å². The zero-order valence-corrected chi connectivity index (χ0v) is 41.6. The van der Waals surface area contributed by atoms with Crippen LogP contribution in [0.5, 0.6) is 0 Å². The standard InChI is InChI=1S/C53H65FN10O9/c1-32(2)45(65)19-20-46(66)62-47(33(3)4)51(70)61-44(8-6-22-57-52(55)71)50(69)59-38-14-9-34(10-15-38)31-73-53(72)64-25-23-63(24-26-64)40-17-12-35(13-18-40)48(67)58-30-37-11-16-39(27-43(37)54)60-49(68)42-28-41(42)36-7-5-21-56-29-36/h5,7,9-18,21,27,29,32-33,41-42,44,47H,6,8,19-20,22-26,28,30-31H2,1-4H3,(H,58,67)(H,59,69)(H,60,68)(H,61,70)(H,62,66)(H3,55,57,71)/t41-,42+,44+,47+/m1/s1. The van der Waals surface area contributed by atoms with E-state index in [0.29, 0.717) is 61.5 Å². The Morgan fingerprint density at radius 2 is 1.52 bits per heavy atom. The van der Waals surface area contributed by atoms with Crippen LogP contribution in [0.2, 0.25) is 0 Å². The summed E-state index contributed by atoms with van der Waals surface area (Å²) in [5.41, 5.74) is 9.13. The minimum atomic E-state index is -1.05. The van der Waals surface area contributed by atoms with Crippen LogP contribution in [-0.2, 0) is 41.9 Å². The summed E-state index contributed by atoms with van der Waals surface area (Å²) in [5.74, 6) is -3.40. The number of piperazine rings is 1. The normalized spacial score (nSPS) is 15.9. The second-order valence-corrected chi connectivity index (χ2v) is 18.9. The number of hydrogen-bond donors (Lipinski definition) is 7. The molecule has 2 aliphatic rings. The van der Waals surface area contributed by atoms with Crippen molar-refractivity contribution in [2.24, 2.45) is 23.5 Å². The molecule has 8 amide bonds. The minimum Gasteiger partial charge on any atom is -0.445 e. The zero-order chi connectivity index (χ0) is 52.6. The molecule has 6 rings (SSSR count).